The fourth-order valence-corrected chi connectivity index (χ4v) is 3.42. The Bertz CT molecular complexity index is 667. The van der Waals surface area contributed by atoms with E-state index in [-0.39, 0.29) is 18.8 Å². The van der Waals surface area contributed by atoms with Gasteiger partial charge in [-0.1, -0.05) is 0 Å². The second-order valence-electron chi connectivity index (χ2n) is 5.52. The van der Waals surface area contributed by atoms with Crippen LogP contribution in [-0.2, 0) is 18.6 Å². The van der Waals surface area contributed by atoms with Crippen LogP contribution in [-0.4, -0.2) is 64.3 Å². The van der Waals surface area contributed by atoms with E-state index in [2.05, 4.69) is 4.98 Å². The molecule has 5 unspecified atom stereocenters. The fourth-order valence-electron chi connectivity index (χ4n) is 2.36. The summed E-state index contributed by atoms with van der Waals surface area (Å²) in [5, 5.41) is 20.1. The second kappa shape index (κ2) is 7.73. The average molecular weight is 363 g/mol. The normalized spacial score (nSPS) is 29.5. The topological polar surface area (TPSA) is 146 Å². The largest absolute Gasteiger partial charge is 0.387 e. The van der Waals surface area contributed by atoms with Gasteiger partial charge in [0, 0.05) is 12.9 Å². The van der Waals surface area contributed by atoms with Gasteiger partial charge in [-0.25, -0.2) is 4.79 Å². The van der Waals surface area contributed by atoms with Crippen LogP contribution in [0.1, 0.15) is 13.2 Å². The standard InChI is InChI=1S/C13H22N3O7P/c1-3-22-24(2,20)7-21-6-8-10(17)11(18)12(23-8)16-5-4-9(14)15-13(16)19/h4-5,8,10-12,17-18H,3,6-7H2,1-2H3,(H2,14,15,19). The van der Waals surface area contributed by atoms with Crippen molar-refractivity contribution in [2.45, 2.75) is 31.5 Å². The summed E-state index contributed by atoms with van der Waals surface area (Å²) in [6.45, 7) is 3.35. The number of aliphatic hydroxyl groups is 2. The molecular formula is C13H22N3O7P. The van der Waals surface area contributed by atoms with Crippen molar-refractivity contribution in [1.29, 1.82) is 0 Å². The van der Waals surface area contributed by atoms with Gasteiger partial charge in [0.2, 0.25) is 7.37 Å². The minimum Gasteiger partial charge on any atom is -0.387 e. The number of ether oxygens (including phenoxy) is 2. The predicted molar refractivity (Wildman–Crippen MR) is 84.8 cm³/mol. The van der Waals surface area contributed by atoms with Gasteiger partial charge < -0.3 is 29.9 Å². The summed E-state index contributed by atoms with van der Waals surface area (Å²) in [5.41, 5.74) is 4.70. The van der Waals surface area contributed by atoms with E-state index in [4.69, 9.17) is 19.7 Å². The van der Waals surface area contributed by atoms with Crippen LogP contribution >= 0.6 is 7.37 Å². The van der Waals surface area contributed by atoms with Crippen LogP contribution in [0.25, 0.3) is 0 Å². The van der Waals surface area contributed by atoms with Gasteiger partial charge in [-0.15, -0.1) is 0 Å². The number of aromatic nitrogens is 2. The SMILES string of the molecule is CCOP(C)(=O)COCC1OC(n2ccc(N)nc2=O)C(O)C1O. The summed E-state index contributed by atoms with van der Waals surface area (Å²) in [7, 11) is -2.87. The predicted octanol–water partition coefficient (Wildman–Crippen LogP) is -0.637. The first kappa shape index (κ1) is 19.0. The lowest BCUT2D eigenvalue weighted by atomic mass is 10.1. The molecule has 1 saturated heterocycles. The Labute approximate surface area is 138 Å². The van der Waals surface area contributed by atoms with Crippen molar-refractivity contribution in [1.82, 2.24) is 9.55 Å². The quantitative estimate of drug-likeness (QED) is 0.538. The molecule has 0 bridgehead atoms. The molecule has 1 aliphatic heterocycles. The molecule has 1 aliphatic rings. The molecule has 136 valence electrons. The number of nitrogens with zero attached hydrogens (tertiary/aromatic N) is 2. The van der Waals surface area contributed by atoms with Crippen LogP contribution in [0, 0.1) is 0 Å². The van der Waals surface area contributed by atoms with Crippen molar-refractivity contribution in [3.05, 3.63) is 22.7 Å². The van der Waals surface area contributed by atoms with Crippen molar-refractivity contribution >= 4 is 13.2 Å². The summed E-state index contributed by atoms with van der Waals surface area (Å²) in [6, 6.07) is 1.38. The maximum atomic E-state index is 11.9. The van der Waals surface area contributed by atoms with Gasteiger partial charge in [-0.3, -0.25) is 9.13 Å². The first-order valence-electron chi connectivity index (χ1n) is 7.40. The molecule has 24 heavy (non-hydrogen) atoms. The molecule has 10 nitrogen and oxygen atoms in total. The zero-order valence-corrected chi connectivity index (χ0v) is 14.3. The molecular weight excluding hydrogens is 341 g/mol. The summed E-state index contributed by atoms with van der Waals surface area (Å²) >= 11 is 0. The van der Waals surface area contributed by atoms with Crippen LogP contribution in [0.15, 0.2) is 17.1 Å². The maximum absolute atomic E-state index is 11.9. The number of rotatable bonds is 7. The summed E-state index contributed by atoms with van der Waals surface area (Å²) in [4.78, 5) is 15.4. The van der Waals surface area contributed by atoms with E-state index < -0.39 is 37.6 Å². The van der Waals surface area contributed by atoms with Gasteiger partial charge in [-0.2, -0.15) is 4.98 Å². The van der Waals surface area contributed by atoms with Crippen molar-refractivity contribution in [3.63, 3.8) is 0 Å². The molecule has 5 atom stereocenters. The highest BCUT2D eigenvalue weighted by molar-refractivity contribution is 7.57. The third kappa shape index (κ3) is 4.41. The van der Waals surface area contributed by atoms with Gasteiger partial charge in [0.05, 0.1) is 13.2 Å². The minimum atomic E-state index is -2.87. The van der Waals surface area contributed by atoms with Crippen molar-refractivity contribution < 1.29 is 28.8 Å². The highest BCUT2D eigenvalue weighted by Crippen LogP contribution is 2.42. The molecule has 2 rings (SSSR count). The van der Waals surface area contributed by atoms with E-state index in [0.29, 0.717) is 6.61 Å². The summed E-state index contributed by atoms with van der Waals surface area (Å²) < 4.78 is 28.8. The lowest BCUT2D eigenvalue weighted by Gasteiger charge is -2.17. The first-order chi connectivity index (χ1) is 11.2. The van der Waals surface area contributed by atoms with Crippen molar-refractivity contribution in [2.24, 2.45) is 0 Å². The van der Waals surface area contributed by atoms with Crippen molar-refractivity contribution in [3.8, 4) is 0 Å². The zero-order valence-electron chi connectivity index (χ0n) is 13.4. The van der Waals surface area contributed by atoms with Gasteiger partial charge in [0.15, 0.2) is 6.23 Å². The van der Waals surface area contributed by atoms with E-state index >= 15 is 0 Å². The second-order valence-corrected chi connectivity index (χ2v) is 8.06. The molecule has 0 radical (unpaired) electrons. The Balaban J connectivity index is 2.00. The molecule has 0 spiro atoms. The van der Waals surface area contributed by atoms with E-state index in [1.165, 1.54) is 18.9 Å². The Hall–Kier alpha value is -1.29. The average Bonchev–Trinajstić information content (AvgIpc) is 2.75. The highest BCUT2D eigenvalue weighted by Gasteiger charge is 2.44. The van der Waals surface area contributed by atoms with Gasteiger partial charge in [0.1, 0.15) is 30.5 Å². The van der Waals surface area contributed by atoms with Gasteiger partial charge >= 0.3 is 5.69 Å². The third-order valence-corrected chi connectivity index (χ3v) is 4.93. The lowest BCUT2D eigenvalue weighted by Crippen LogP contribution is -2.36. The molecule has 0 saturated carbocycles. The number of hydrogen-bond donors (Lipinski definition) is 3. The van der Waals surface area contributed by atoms with E-state index in [1.807, 2.05) is 0 Å². The Kier molecular flexibility index (Phi) is 6.13. The zero-order chi connectivity index (χ0) is 17.9. The summed E-state index contributed by atoms with van der Waals surface area (Å²) in [6.07, 6.45) is -3.45. The highest BCUT2D eigenvalue weighted by atomic mass is 31.2. The maximum Gasteiger partial charge on any atom is 0.351 e. The van der Waals surface area contributed by atoms with Crippen LogP contribution in [0.4, 0.5) is 5.82 Å². The van der Waals surface area contributed by atoms with Crippen LogP contribution in [0.3, 0.4) is 0 Å². The Morgan fingerprint density at radius 3 is 2.79 bits per heavy atom. The van der Waals surface area contributed by atoms with Crippen molar-refractivity contribution in [2.75, 3.05) is 32.0 Å². The molecule has 0 aliphatic carbocycles. The number of hydrogen-bond acceptors (Lipinski definition) is 9. The number of anilines is 1. The molecule has 1 aromatic heterocycles. The minimum absolute atomic E-state index is 0.0405. The molecule has 1 aromatic rings. The molecule has 2 heterocycles. The summed E-state index contributed by atoms with van der Waals surface area (Å²) in [5.74, 6) is 0.0405. The van der Waals surface area contributed by atoms with Crippen LogP contribution < -0.4 is 11.4 Å². The molecule has 1 fully saturated rings. The third-order valence-electron chi connectivity index (χ3n) is 3.47. The first-order valence-corrected chi connectivity index (χ1v) is 9.66. The number of nitrogens with two attached hydrogens (primary N) is 1. The molecule has 11 heteroatoms. The van der Waals surface area contributed by atoms with E-state index in [9.17, 15) is 19.6 Å². The van der Waals surface area contributed by atoms with E-state index in [0.717, 1.165) is 4.57 Å². The Morgan fingerprint density at radius 2 is 2.17 bits per heavy atom. The van der Waals surface area contributed by atoms with Gasteiger partial charge in [-0.05, 0) is 13.0 Å². The van der Waals surface area contributed by atoms with Crippen LogP contribution in [0.2, 0.25) is 0 Å². The fraction of sp³-hybridized carbons (Fsp3) is 0.692. The molecule has 0 aromatic carbocycles. The number of aliphatic hydroxyl groups excluding tert-OH is 2. The van der Waals surface area contributed by atoms with Gasteiger partial charge in [0.25, 0.3) is 0 Å². The van der Waals surface area contributed by atoms with E-state index in [1.54, 1.807) is 6.92 Å². The Morgan fingerprint density at radius 1 is 1.46 bits per heavy atom. The number of nitrogen functional groups attached to an aromatic ring is 1. The van der Waals surface area contributed by atoms with Crippen LogP contribution in [0.5, 0.6) is 0 Å². The molecule has 4 N–H and O–H groups in total. The lowest BCUT2D eigenvalue weighted by molar-refractivity contribution is -0.0640. The molecule has 0 amide bonds. The smallest absolute Gasteiger partial charge is 0.351 e. The monoisotopic (exact) mass is 363 g/mol.